The molecular weight excluding hydrogens is 680 g/mol. The van der Waals surface area contributed by atoms with Crippen molar-refractivity contribution in [2.24, 2.45) is 5.92 Å². The zero-order valence-corrected chi connectivity index (χ0v) is 29.4. The van der Waals surface area contributed by atoms with Crippen molar-refractivity contribution >= 4 is 16.9 Å². The summed E-state index contributed by atoms with van der Waals surface area (Å²) in [5, 5.41) is 16.9. The summed E-state index contributed by atoms with van der Waals surface area (Å²) in [5.74, 6) is -0.112. The topological polar surface area (TPSA) is 108 Å². The molecule has 7 heterocycles. The number of nitrogens with zero attached hydrogens (tertiary/aromatic N) is 7. The van der Waals surface area contributed by atoms with Crippen LogP contribution < -0.4 is 25.6 Å². The fraction of sp³-hybridized carbons (Fsp3) is 0.694. The molecule has 1 saturated carbocycles. The molecule has 5 aliphatic heterocycles. The molecule has 3 N–H and O–H groups in total. The predicted octanol–water partition coefficient (Wildman–Crippen LogP) is 3.40. The van der Waals surface area contributed by atoms with Crippen molar-refractivity contribution in [2.45, 2.75) is 113 Å². The molecule has 3 aromatic rings. The Hall–Kier alpha value is -3.15. The van der Waals surface area contributed by atoms with Gasteiger partial charge >= 0.3 is 6.61 Å². The predicted molar refractivity (Wildman–Crippen MR) is 186 cm³/mol. The summed E-state index contributed by atoms with van der Waals surface area (Å²) in [6, 6.07) is 4.36. The van der Waals surface area contributed by atoms with Gasteiger partial charge in [-0.15, -0.1) is 0 Å². The molecule has 11 atom stereocenters. The summed E-state index contributed by atoms with van der Waals surface area (Å²) < 4.78 is 68.7. The fourth-order valence-corrected chi connectivity index (χ4v) is 10.3. The number of anilines is 1. The van der Waals surface area contributed by atoms with Gasteiger partial charge in [0, 0.05) is 75.6 Å². The highest BCUT2D eigenvalue weighted by atomic mass is 19.3. The molecule has 9 rings (SSSR count). The van der Waals surface area contributed by atoms with Crippen LogP contribution in [-0.2, 0) is 4.74 Å². The number of rotatable bonds is 4. The third-order valence-corrected chi connectivity index (χ3v) is 12.3. The molecule has 8 unspecified atom stereocenters. The van der Waals surface area contributed by atoms with E-state index in [2.05, 4.69) is 52.4 Å². The van der Waals surface area contributed by atoms with Crippen molar-refractivity contribution in [3.05, 3.63) is 36.5 Å². The maximum Gasteiger partial charge on any atom is 0.387 e. The number of alkyl halides is 3. The minimum atomic E-state index is -3.13. The highest BCUT2D eigenvalue weighted by molar-refractivity contribution is 5.88. The molecule has 5 saturated heterocycles. The Balaban J connectivity index is 1.05. The van der Waals surface area contributed by atoms with Gasteiger partial charge in [0.15, 0.2) is 11.4 Å². The van der Waals surface area contributed by atoms with E-state index in [4.69, 9.17) is 9.72 Å². The Kier molecular flexibility index (Phi) is 9.48. The van der Waals surface area contributed by atoms with Crippen LogP contribution in [0.1, 0.15) is 51.9 Å². The number of halogens is 4. The highest BCUT2D eigenvalue weighted by Crippen LogP contribution is 2.40. The average Bonchev–Trinajstić information content (AvgIpc) is 3.75. The maximum absolute atomic E-state index is 15.4. The largest absolute Gasteiger partial charge is 0.432 e. The first kappa shape index (κ1) is 34.6. The van der Waals surface area contributed by atoms with E-state index in [1.54, 1.807) is 6.20 Å². The van der Waals surface area contributed by atoms with Gasteiger partial charge in [-0.2, -0.15) is 13.9 Å². The van der Waals surface area contributed by atoms with Crippen LogP contribution in [0.2, 0.25) is 0 Å². The Morgan fingerprint density at radius 1 is 0.981 bits per heavy atom. The summed E-state index contributed by atoms with van der Waals surface area (Å²) in [4.78, 5) is 16.7. The second-order valence-electron chi connectivity index (χ2n) is 15.6. The van der Waals surface area contributed by atoms with E-state index < -0.39 is 18.6 Å². The standard InChI is InChI=1S/C36H48F4N10O2/c1-20-44-29-11-22(38)10-26-28-4-2-5-32(46-28)45-23-13-24(16-47-8-3-9-51-25(17-47)18-48(20)33(26)29)49(15-23)34-27-14-43-50(35(27)42-19-41-34)30-7-6-21(37)12-31(30)52-36(39)40/h6-7,12,14,19-20,22-26,28-29,32-33,36,44-46H,2-5,8-11,13,15-18H2,1H3/t20?,22?,23-,24-,25-,26?,28?,29?,32?,33?/m0/s1. The van der Waals surface area contributed by atoms with Gasteiger partial charge in [-0.05, 0) is 69.9 Å². The minimum absolute atomic E-state index is 0.0274. The van der Waals surface area contributed by atoms with Crippen molar-refractivity contribution in [1.29, 1.82) is 0 Å². The first-order chi connectivity index (χ1) is 25.3. The molecular formula is C36H48F4N10O2. The SMILES string of the molecule is CC1NC2CC(F)CC3C4CCCC(N4)N[C@H]4C[C@@H](CN5CCCO[C@@H](C5)CN1C23)N(c1ncnc2c1cnn2-c1ccc(F)cc1OC(F)F)C4. The molecule has 6 fully saturated rings. The molecule has 2 aromatic heterocycles. The van der Waals surface area contributed by atoms with Crippen LogP contribution >= 0.6 is 0 Å². The van der Waals surface area contributed by atoms with Crippen LogP contribution in [0.3, 0.4) is 0 Å². The molecule has 282 valence electrons. The van der Waals surface area contributed by atoms with Crippen LogP contribution in [0.15, 0.2) is 30.7 Å². The van der Waals surface area contributed by atoms with Gasteiger partial charge in [-0.3, -0.25) is 25.8 Å². The van der Waals surface area contributed by atoms with Gasteiger partial charge < -0.3 is 14.4 Å². The highest BCUT2D eigenvalue weighted by Gasteiger charge is 2.51. The quantitative estimate of drug-likeness (QED) is 0.345. The lowest BCUT2D eigenvalue weighted by Crippen LogP contribution is -2.61. The Bertz CT molecular complexity index is 1740. The number of aromatic nitrogens is 4. The Morgan fingerprint density at radius 3 is 2.77 bits per heavy atom. The van der Waals surface area contributed by atoms with E-state index in [0.717, 1.165) is 64.3 Å². The number of benzene rings is 1. The number of nitrogens with one attached hydrogen (secondary N) is 3. The lowest BCUT2D eigenvalue weighted by molar-refractivity contribution is -0.0500. The molecule has 0 radical (unpaired) electrons. The molecule has 16 heteroatoms. The summed E-state index contributed by atoms with van der Waals surface area (Å²) in [6.07, 6.45) is 8.69. The smallest absolute Gasteiger partial charge is 0.387 e. The van der Waals surface area contributed by atoms with E-state index in [-0.39, 0.29) is 66.0 Å². The Morgan fingerprint density at radius 2 is 1.88 bits per heavy atom. The lowest BCUT2D eigenvalue weighted by atomic mass is 9.74. The number of fused-ring (bicyclic) bond motifs is 8. The fourth-order valence-electron chi connectivity index (χ4n) is 10.3. The second kappa shape index (κ2) is 14.3. The number of hydrogen-bond acceptors (Lipinski definition) is 11. The number of hydrogen-bond donors (Lipinski definition) is 3. The van der Waals surface area contributed by atoms with Crippen LogP contribution in [0, 0.1) is 11.7 Å². The van der Waals surface area contributed by atoms with Gasteiger partial charge in [0.2, 0.25) is 0 Å². The van der Waals surface area contributed by atoms with Gasteiger partial charge in [0.05, 0.1) is 30.0 Å². The summed E-state index contributed by atoms with van der Waals surface area (Å²) in [5.41, 5.74) is 0.565. The lowest BCUT2D eigenvalue weighted by Gasteiger charge is -2.47. The number of ether oxygens (including phenoxy) is 2. The van der Waals surface area contributed by atoms with Crippen molar-refractivity contribution in [2.75, 3.05) is 44.2 Å². The van der Waals surface area contributed by atoms with Crippen LogP contribution in [0.4, 0.5) is 23.4 Å². The van der Waals surface area contributed by atoms with E-state index in [9.17, 15) is 13.2 Å². The van der Waals surface area contributed by atoms with E-state index in [1.165, 1.54) is 23.1 Å². The second-order valence-corrected chi connectivity index (χ2v) is 15.6. The summed E-state index contributed by atoms with van der Waals surface area (Å²) in [6.45, 7) is 3.83. The van der Waals surface area contributed by atoms with Crippen LogP contribution in [-0.4, -0.2) is 130 Å². The third-order valence-electron chi connectivity index (χ3n) is 12.3. The molecule has 6 bridgehead atoms. The summed E-state index contributed by atoms with van der Waals surface area (Å²) in [7, 11) is 0. The molecule has 1 aromatic carbocycles. The van der Waals surface area contributed by atoms with Crippen LogP contribution in [0.25, 0.3) is 16.7 Å². The third kappa shape index (κ3) is 6.63. The molecule has 0 amide bonds. The first-order valence-electron chi connectivity index (χ1n) is 19.0. The monoisotopic (exact) mass is 728 g/mol. The van der Waals surface area contributed by atoms with E-state index in [0.29, 0.717) is 42.8 Å². The molecule has 52 heavy (non-hydrogen) atoms. The zero-order chi connectivity index (χ0) is 35.5. The van der Waals surface area contributed by atoms with E-state index >= 15 is 4.39 Å². The van der Waals surface area contributed by atoms with Crippen molar-refractivity contribution in [3.63, 3.8) is 0 Å². The van der Waals surface area contributed by atoms with Gasteiger partial charge in [-0.1, -0.05) is 0 Å². The molecule has 6 aliphatic rings. The summed E-state index contributed by atoms with van der Waals surface area (Å²) >= 11 is 0. The zero-order valence-electron chi connectivity index (χ0n) is 29.4. The normalized spacial score (nSPS) is 37.0. The molecule has 12 nitrogen and oxygen atoms in total. The maximum atomic E-state index is 15.4. The van der Waals surface area contributed by atoms with Gasteiger partial charge in [0.1, 0.15) is 29.8 Å². The van der Waals surface area contributed by atoms with Gasteiger partial charge in [0.25, 0.3) is 0 Å². The van der Waals surface area contributed by atoms with Crippen molar-refractivity contribution < 1.29 is 27.0 Å². The van der Waals surface area contributed by atoms with Crippen LogP contribution in [0.5, 0.6) is 5.75 Å². The number of piperidine rings is 1. The molecule has 1 aliphatic carbocycles. The van der Waals surface area contributed by atoms with E-state index in [1.807, 2.05) is 0 Å². The minimum Gasteiger partial charge on any atom is -0.432 e. The van der Waals surface area contributed by atoms with Crippen molar-refractivity contribution in [1.82, 2.24) is 45.5 Å². The van der Waals surface area contributed by atoms with Crippen molar-refractivity contribution in [3.8, 4) is 11.4 Å². The average molecular weight is 729 g/mol. The van der Waals surface area contributed by atoms with Gasteiger partial charge in [-0.25, -0.2) is 23.4 Å². The molecule has 0 spiro atoms. The Labute approximate surface area is 300 Å². The first-order valence-corrected chi connectivity index (χ1v) is 19.0.